The van der Waals surface area contributed by atoms with Crippen LogP contribution >= 0.6 is 0 Å². The molecule has 1 atom stereocenters. The summed E-state index contributed by atoms with van der Waals surface area (Å²) >= 11 is 0. The number of likely N-dealkylation sites (N-methyl/N-ethyl adjacent to an activating group) is 1. The third-order valence-electron chi connectivity index (χ3n) is 3.60. The van der Waals surface area contributed by atoms with Crippen LogP contribution in [0.5, 0.6) is 5.75 Å². The number of methoxy groups -OCH3 is 1. The molecule has 0 spiro atoms. The molecule has 0 aliphatic heterocycles. The van der Waals surface area contributed by atoms with E-state index in [-0.39, 0.29) is 0 Å². The number of aryl methyl sites for hydroxylation is 1. The maximum atomic E-state index is 5.31. The Morgan fingerprint density at radius 2 is 2.06 bits per heavy atom. The van der Waals surface area contributed by atoms with Crippen LogP contribution in [-0.2, 0) is 6.54 Å². The van der Waals surface area contributed by atoms with E-state index in [9.17, 15) is 0 Å². The molecule has 0 saturated carbocycles. The molecule has 0 saturated heterocycles. The summed E-state index contributed by atoms with van der Waals surface area (Å²) in [7, 11) is 5.95. The van der Waals surface area contributed by atoms with Crippen molar-refractivity contribution >= 4 is 10.9 Å². The molecule has 1 aromatic carbocycles. The van der Waals surface area contributed by atoms with Gasteiger partial charge in [0.2, 0.25) is 0 Å². The van der Waals surface area contributed by atoms with Crippen LogP contribution in [0.4, 0.5) is 0 Å². The third kappa shape index (κ3) is 2.36. The van der Waals surface area contributed by atoms with Gasteiger partial charge in [-0.2, -0.15) is 0 Å². The molecule has 18 heavy (non-hydrogen) atoms. The quantitative estimate of drug-likeness (QED) is 0.825. The van der Waals surface area contributed by atoms with Crippen LogP contribution in [0.3, 0.4) is 0 Å². The Labute approximate surface area is 109 Å². The van der Waals surface area contributed by atoms with Crippen LogP contribution in [0.25, 0.3) is 10.9 Å². The summed E-state index contributed by atoms with van der Waals surface area (Å²) in [6, 6.07) is 6.87. The first kappa shape index (κ1) is 13.0. The van der Waals surface area contributed by atoms with E-state index in [4.69, 9.17) is 4.74 Å². The summed E-state index contributed by atoms with van der Waals surface area (Å²) in [5.41, 5.74) is 2.57. The highest BCUT2D eigenvalue weighted by Gasteiger charge is 2.10. The normalized spacial score (nSPS) is 13.2. The second-order valence-corrected chi connectivity index (χ2v) is 5.16. The van der Waals surface area contributed by atoms with Crippen molar-refractivity contribution in [3.8, 4) is 5.75 Å². The molecule has 1 aromatic heterocycles. The van der Waals surface area contributed by atoms with E-state index in [0.29, 0.717) is 6.04 Å². The zero-order chi connectivity index (χ0) is 13.3. The van der Waals surface area contributed by atoms with E-state index in [1.807, 2.05) is 0 Å². The number of ether oxygens (including phenoxy) is 1. The molecule has 0 aliphatic rings. The first-order valence-electron chi connectivity index (χ1n) is 6.33. The Hall–Kier alpha value is -1.48. The molecule has 0 fully saturated rings. The largest absolute Gasteiger partial charge is 0.497 e. The lowest BCUT2D eigenvalue weighted by molar-refractivity contribution is 0.286. The van der Waals surface area contributed by atoms with Crippen molar-refractivity contribution in [3.63, 3.8) is 0 Å². The average molecular weight is 246 g/mol. The van der Waals surface area contributed by atoms with Gasteiger partial charge in [0.15, 0.2) is 0 Å². The SMILES string of the molecule is COc1cc(C)c2c(ccn2CC(C)N(C)C)c1. The highest BCUT2D eigenvalue weighted by Crippen LogP contribution is 2.26. The van der Waals surface area contributed by atoms with Crippen molar-refractivity contribution in [2.24, 2.45) is 0 Å². The Morgan fingerprint density at radius 1 is 1.33 bits per heavy atom. The van der Waals surface area contributed by atoms with Crippen LogP contribution in [0, 0.1) is 6.92 Å². The second kappa shape index (κ2) is 5.02. The van der Waals surface area contributed by atoms with Gasteiger partial charge in [-0.05, 0) is 51.7 Å². The van der Waals surface area contributed by atoms with E-state index in [1.54, 1.807) is 7.11 Å². The van der Waals surface area contributed by atoms with Gasteiger partial charge < -0.3 is 14.2 Å². The van der Waals surface area contributed by atoms with Crippen molar-refractivity contribution in [2.75, 3.05) is 21.2 Å². The summed E-state index contributed by atoms with van der Waals surface area (Å²) in [5, 5.41) is 1.25. The average Bonchev–Trinajstić information content (AvgIpc) is 2.72. The first-order chi connectivity index (χ1) is 8.52. The maximum Gasteiger partial charge on any atom is 0.119 e. The van der Waals surface area contributed by atoms with E-state index >= 15 is 0 Å². The highest BCUT2D eigenvalue weighted by molar-refractivity contribution is 5.84. The maximum absolute atomic E-state index is 5.31. The molecule has 0 radical (unpaired) electrons. The van der Waals surface area contributed by atoms with E-state index in [2.05, 4.69) is 61.8 Å². The number of nitrogens with zero attached hydrogens (tertiary/aromatic N) is 2. The number of fused-ring (bicyclic) bond motifs is 1. The molecule has 3 heteroatoms. The lowest BCUT2D eigenvalue weighted by atomic mass is 10.1. The fourth-order valence-corrected chi connectivity index (χ4v) is 2.25. The Bertz CT molecular complexity index is 543. The van der Waals surface area contributed by atoms with Crippen LogP contribution < -0.4 is 4.74 Å². The molecular weight excluding hydrogens is 224 g/mol. The van der Waals surface area contributed by atoms with Gasteiger partial charge in [-0.3, -0.25) is 0 Å². The lowest BCUT2D eigenvalue weighted by Gasteiger charge is -2.21. The van der Waals surface area contributed by atoms with Crippen molar-refractivity contribution in [1.82, 2.24) is 9.47 Å². The van der Waals surface area contributed by atoms with Gasteiger partial charge >= 0.3 is 0 Å². The zero-order valence-electron chi connectivity index (χ0n) is 11.9. The standard InChI is InChI=1S/C15H22N2O/c1-11-8-14(18-5)9-13-6-7-17(15(11)13)10-12(2)16(3)4/h6-9,12H,10H2,1-5H3. The fraction of sp³-hybridized carbons (Fsp3) is 0.467. The molecule has 2 rings (SSSR count). The van der Waals surface area contributed by atoms with Gasteiger partial charge in [0.1, 0.15) is 5.75 Å². The van der Waals surface area contributed by atoms with Crippen LogP contribution in [-0.4, -0.2) is 36.7 Å². The zero-order valence-corrected chi connectivity index (χ0v) is 11.9. The Kier molecular flexibility index (Phi) is 3.62. The van der Waals surface area contributed by atoms with Crippen molar-refractivity contribution in [3.05, 3.63) is 30.0 Å². The van der Waals surface area contributed by atoms with E-state index in [0.717, 1.165) is 12.3 Å². The topological polar surface area (TPSA) is 17.4 Å². The van der Waals surface area contributed by atoms with Crippen LogP contribution in [0.15, 0.2) is 24.4 Å². The van der Waals surface area contributed by atoms with Gasteiger partial charge in [-0.15, -0.1) is 0 Å². The van der Waals surface area contributed by atoms with E-state index < -0.39 is 0 Å². The molecule has 0 N–H and O–H groups in total. The number of aromatic nitrogens is 1. The van der Waals surface area contributed by atoms with Crippen LogP contribution in [0.1, 0.15) is 12.5 Å². The molecule has 3 nitrogen and oxygen atoms in total. The van der Waals surface area contributed by atoms with Crippen molar-refractivity contribution < 1.29 is 4.74 Å². The summed E-state index contributed by atoms with van der Waals surface area (Å²) in [6.07, 6.45) is 2.16. The summed E-state index contributed by atoms with van der Waals surface area (Å²) < 4.78 is 7.64. The minimum atomic E-state index is 0.516. The smallest absolute Gasteiger partial charge is 0.119 e. The number of rotatable bonds is 4. The number of hydrogen-bond donors (Lipinski definition) is 0. The number of benzene rings is 1. The predicted octanol–water partition coefficient (Wildman–Crippen LogP) is 2.91. The molecule has 98 valence electrons. The third-order valence-corrected chi connectivity index (χ3v) is 3.60. The summed E-state index contributed by atoms with van der Waals surface area (Å²) in [5.74, 6) is 0.929. The lowest BCUT2D eigenvalue weighted by Crippen LogP contribution is -2.28. The monoisotopic (exact) mass is 246 g/mol. The number of hydrogen-bond acceptors (Lipinski definition) is 2. The molecule has 0 amide bonds. The van der Waals surface area contributed by atoms with E-state index in [1.165, 1.54) is 16.5 Å². The predicted molar refractivity (Wildman–Crippen MR) is 76.4 cm³/mol. The minimum absolute atomic E-state index is 0.516. The molecule has 1 unspecified atom stereocenters. The first-order valence-corrected chi connectivity index (χ1v) is 6.33. The van der Waals surface area contributed by atoms with Gasteiger partial charge in [-0.1, -0.05) is 0 Å². The molecule has 2 aromatic rings. The highest BCUT2D eigenvalue weighted by atomic mass is 16.5. The minimum Gasteiger partial charge on any atom is -0.497 e. The van der Waals surface area contributed by atoms with Gasteiger partial charge in [0, 0.05) is 24.2 Å². The molecule has 0 aliphatic carbocycles. The molecular formula is C15H22N2O. The second-order valence-electron chi connectivity index (χ2n) is 5.16. The Balaban J connectivity index is 2.41. The van der Waals surface area contributed by atoms with Gasteiger partial charge in [-0.25, -0.2) is 0 Å². The molecule has 0 bridgehead atoms. The Morgan fingerprint density at radius 3 is 2.67 bits per heavy atom. The van der Waals surface area contributed by atoms with Crippen molar-refractivity contribution in [2.45, 2.75) is 26.4 Å². The summed E-state index contributed by atoms with van der Waals surface area (Å²) in [4.78, 5) is 2.24. The molecule has 1 heterocycles. The van der Waals surface area contributed by atoms with Crippen molar-refractivity contribution in [1.29, 1.82) is 0 Å². The fourth-order valence-electron chi connectivity index (χ4n) is 2.25. The summed E-state index contributed by atoms with van der Waals surface area (Å²) in [6.45, 7) is 5.38. The van der Waals surface area contributed by atoms with Gasteiger partial charge in [0.25, 0.3) is 0 Å². The van der Waals surface area contributed by atoms with Gasteiger partial charge in [0.05, 0.1) is 12.6 Å². The van der Waals surface area contributed by atoms with Crippen LogP contribution in [0.2, 0.25) is 0 Å².